The van der Waals surface area contributed by atoms with Gasteiger partial charge < -0.3 is 10.1 Å². The van der Waals surface area contributed by atoms with Gasteiger partial charge in [0.15, 0.2) is 0 Å². The lowest BCUT2D eigenvalue weighted by molar-refractivity contribution is -0.146. The molecule has 3 nitrogen and oxygen atoms in total. The molecule has 0 amide bonds. The van der Waals surface area contributed by atoms with E-state index in [9.17, 15) is 4.79 Å². The minimum atomic E-state index is -0.0480. The van der Waals surface area contributed by atoms with Crippen LogP contribution in [0.2, 0.25) is 0 Å². The third-order valence-electron chi connectivity index (χ3n) is 3.34. The molecule has 0 bridgehead atoms. The van der Waals surface area contributed by atoms with E-state index in [2.05, 4.69) is 12.2 Å². The minimum absolute atomic E-state index is 0.0395. The predicted octanol–water partition coefficient (Wildman–Crippen LogP) is 3.03. The fourth-order valence-electron chi connectivity index (χ4n) is 2.21. The molecule has 1 N–H and O–H groups in total. The molecule has 100 valence electrons. The van der Waals surface area contributed by atoms with Crippen molar-refractivity contribution in [1.82, 2.24) is 5.32 Å². The molecule has 0 aromatic rings. The van der Waals surface area contributed by atoms with Crippen LogP contribution in [-0.4, -0.2) is 25.2 Å². The SMILES string of the molecule is CCCCCCCOC(=O)C1CCCCCN1. The van der Waals surface area contributed by atoms with Gasteiger partial charge in [-0.2, -0.15) is 0 Å². The maximum Gasteiger partial charge on any atom is 0.323 e. The molecule has 17 heavy (non-hydrogen) atoms. The van der Waals surface area contributed by atoms with Crippen LogP contribution >= 0.6 is 0 Å². The molecular formula is C14H27NO2. The van der Waals surface area contributed by atoms with Crippen molar-refractivity contribution in [2.45, 2.75) is 70.8 Å². The maximum atomic E-state index is 11.8. The molecule has 1 fully saturated rings. The maximum absolute atomic E-state index is 11.8. The first-order valence-electron chi connectivity index (χ1n) is 7.24. The van der Waals surface area contributed by atoms with Crippen LogP contribution in [0.4, 0.5) is 0 Å². The zero-order valence-corrected chi connectivity index (χ0v) is 11.2. The van der Waals surface area contributed by atoms with Gasteiger partial charge in [-0.25, -0.2) is 0 Å². The van der Waals surface area contributed by atoms with Gasteiger partial charge in [0.05, 0.1) is 6.61 Å². The number of carbonyl (C=O) groups excluding carboxylic acids is 1. The van der Waals surface area contributed by atoms with Gasteiger partial charge >= 0.3 is 5.97 Å². The van der Waals surface area contributed by atoms with Gasteiger partial charge in [-0.15, -0.1) is 0 Å². The number of esters is 1. The Hall–Kier alpha value is -0.570. The molecule has 0 aliphatic carbocycles. The quantitative estimate of drug-likeness (QED) is 0.550. The van der Waals surface area contributed by atoms with E-state index in [1.54, 1.807) is 0 Å². The van der Waals surface area contributed by atoms with E-state index in [1.165, 1.54) is 38.5 Å². The van der Waals surface area contributed by atoms with Crippen LogP contribution in [0.3, 0.4) is 0 Å². The highest BCUT2D eigenvalue weighted by Gasteiger charge is 2.20. The van der Waals surface area contributed by atoms with Crippen LogP contribution in [0.5, 0.6) is 0 Å². The van der Waals surface area contributed by atoms with E-state index in [0.717, 1.165) is 25.8 Å². The molecule has 1 aliphatic heterocycles. The third-order valence-corrected chi connectivity index (χ3v) is 3.34. The summed E-state index contributed by atoms with van der Waals surface area (Å²) >= 11 is 0. The highest BCUT2D eigenvalue weighted by Crippen LogP contribution is 2.10. The van der Waals surface area contributed by atoms with E-state index in [4.69, 9.17) is 4.74 Å². The van der Waals surface area contributed by atoms with Crippen LogP contribution in [-0.2, 0) is 9.53 Å². The lowest BCUT2D eigenvalue weighted by Gasteiger charge is -2.14. The Labute approximate surface area is 105 Å². The average molecular weight is 241 g/mol. The summed E-state index contributed by atoms with van der Waals surface area (Å²) in [5.41, 5.74) is 0. The Bertz CT molecular complexity index is 198. The summed E-state index contributed by atoms with van der Waals surface area (Å²) in [5, 5.41) is 3.27. The Balaban J connectivity index is 2.03. The first kappa shape index (κ1) is 14.5. The zero-order valence-electron chi connectivity index (χ0n) is 11.2. The van der Waals surface area contributed by atoms with E-state index < -0.39 is 0 Å². The molecule has 1 unspecified atom stereocenters. The molecule has 0 aromatic heterocycles. The van der Waals surface area contributed by atoms with Gasteiger partial charge in [-0.3, -0.25) is 4.79 Å². The number of unbranched alkanes of at least 4 members (excludes halogenated alkanes) is 4. The molecule has 1 saturated heterocycles. The minimum Gasteiger partial charge on any atom is -0.465 e. The molecule has 3 heteroatoms. The van der Waals surface area contributed by atoms with Gasteiger partial charge in [-0.05, 0) is 25.8 Å². The van der Waals surface area contributed by atoms with Gasteiger partial charge in [-0.1, -0.05) is 45.4 Å². The van der Waals surface area contributed by atoms with E-state index in [-0.39, 0.29) is 12.0 Å². The Morgan fingerprint density at radius 2 is 2.00 bits per heavy atom. The Kier molecular flexibility index (Phi) is 8.06. The largest absolute Gasteiger partial charge is 0.465 e. The fourth-order valence-corrected chi connectivity index (χ4v) is 2.21. The highest BCUT2D eigenvalue weighted by molar-refractivity contribution is 5.75. The number of nitrogens with one attached hydrogen (secondary N) is 1. The Morgan fingerprint density at radius 3 is 2.82 bits per heavy atom. The monoisotopic (exact) mass is 241 g/mol. The second-order valence-corrected chi connectivity index (χ2v) is 4.94. The molecular weight excluding hydrogens is 214 g/mol. The lowest BCUT2D eigenvalue weighted by Crippen LogP contribution is -2.37. The summed E-state index contributed by atoms with van der Waals surface area (Å²) < 4.78 is 5.32. The smallest absolute Gasteiger partial charge is 0.323 e. The van der Waals surface area contributed by atoms with Crippen molar-refractivity contribution in [3.05, 3.63) is 0 Å². The summed E-state index contributed by atoms with van der Waals surface area (Å²) in [6, 6.07) is -0.0480. The number of ether oxygens (including phenoxy) is 1. The number of rotatable bonds is 7. The van der Waals surface area contributed by atoms with E-state index >= 15 is 0 Å². The van der Waals surface area contributed by atoms with E-state index in [0.29, 0.717) is 6.61 Å². The molecule has 1 aliphatic rings. The second-order valence-electron chi connectivity index (χ2n) is 4.94. The number of hydrogen-bond acceptors (Lipinski definition) is 3. The van der Waals surface area contributed by atoms with Crippen molar-refractivity contribution >= 4 is 5.97 Å². The first-order chi connectivity index (χ1) is 8.34. The topological polar surface area (TPSA) is 38.3 Å². The van der Waals surface area contributed by atoms with Crippen LogP contribution in [0.25, 0.3) is 0 Å². The van der Waals surface area contributed by atoms with Crippen molar-refractivity contribution in [3.63, 3.8) is 0 Å². The van der Waals surface area contributed by atoms with Gasteiger partial charge in [0.25, 0.3) is 0 Å². The predicted molar refractivity (Wildman–Crippen MR) is 70.0 cm³/mol. The standard InChI is InChI=1S/C14H27NO2/c1-2-3-4-5-9-12-17-14(16)13-10-7-6-8-11-15-13/h13,15H,2-12H2,1H3. The second kappa shape index (κ2) is 9.46. The van der Waals surface area contributed by atoms with E-state index in [1.807, 2.05) is 0 Å². The third kappa shape index (κ3) is 6.67. The summed E-state index contributed by atoms with van der Waals surface area (Å²) in [4.78, 5) is 11.8. The van der Waals surface area contributed by atoms with Crippen molar-refractivity contribution in [2.75, 3.05) is 13.2 Å². The van der Waals surface area contributed by atoms with Crippen LogP contribution in [0, 0.1) is 0 Å². The summed E-state index contributed by atoms with van der Waals surface area (Å²) in [6.45, 7) is 3.76. The molecule has 0 radical (unpaired) electrons. The fraction of sp³-hybridized carbons (Fsp3) is 0.929. The van der Waals surface area contributed by atoms with Crippen molar-refractivity contribution < 1.29 is 9.53 Å². The lowest BCUT2D eigenvalue weighted by atomic mass is 10.1. The van der Waals surface area contributed by atoms with Crippen LogP contribution in [0.15, 0.2) is 0 Å². The first-order valence-corrected chi connectivity index (χ1v) is 7.24. The van der Waals surface area contributed by atoms with Gasteiger partial charge in [0, 0.05) is 0 Å². The van der Waals surface area contributed by atoms with Crippen molar-refractivity contribution in [1.29, 1.82) is 0 Å². The van der Waals surface area contributed by atoms with Gasteiger partial charge in [0.2, 0.25) is 0 Å². The molecule has 0 spiro atoms. The molecule has 0 aromatic carbocycles. The molecule has 1 atom stereocenters. The summed E-state index contributed by atoms with van der Waals surface area (Å²) in [5.74, 6) is -0.0395. The van der Waals surface area contributed by atoms with Crippen LogP contribution < -0.4 is 5.32 Å². The summed E-state index contributed by atoms with van der Waals surface area (Å²) in [6.07, 6.45) is 10.5. The van der Waals surface area contributed by atoms with Crippen molar-refractivity contribution in [2.24, 2.45) is 0 Å². The highest BCUT2D eigenvalue weighted by atomic mass is 16.5. The number of carbonyl (C=O) groups is 1. The molecule has 1 rings (SSSR count). The number of hydrogen-bond donors (Lipinski definition) is 1. The molecule has 1 heterocycles. The Morgan fingerprint density at radius 1 is 1.18 bits per heavy atom. The molecule has 0 saturated carbocycles. The normalized spacial score (nSPS) is 20.9. The summed E-state index contributed by atoms with van der Waals surface area (Å²) in [7, 11) is 0. The zero-order chi connectivity index (χ0) is 12.3. The van der Waals surface area contributed by atoms with Crippen molar-refractivity contribution in [3.8, 4) is 0 Å². The average Bonchev–Trinajstić information content (AvgIpc) is 2.62. The van der Waals surface area contributed by atoms with Gasteiger partial charge in [0.1, 0.15) is 6.04 Å². The van der Waals surface area contributed by atoms with Crippen LogP contribution in [0.1, 0.15) is 64.7 Å².